The lowest BCUT2D eigenvalue weighted by atomic mass is 10.1. The summed E-state index contributed by atoms with van der Waals surface area (Å²) in [7, 11) is 0. The zero-order valence-corrected chi connectivity index (χ0v) is 15.7. The van der Waals surface area contributed by atoms with Crippen molar-refractivity contribution in [1.29, 1.82) is 0 Å². The highest BCUT2D eigenvalue weighted by atomic mass is 32.1. The number of hydrogen-bond donors (Lipinski definition) is 0. The Kier molecular flexibility index (Phi) is 4.28. The van der Waals surface area contributed by atoms with Gasteiger partial charge in [0, 0.05) is 10.3 Å². The highest BCUT2D eigenvalue weighted by Gasteiger charge is 2.41. The van der Waals surface area contributed by atoms with E-state index in [1.54, 1.807) is 29.5 Å². The van der Waals surface area contributed by atoms with Gasteiger partial charge in [0.1, 0.15) is 12.6 Å². The Morgan fingerprint density at radius 3 is 2.67 bits per heavy atom. The van der Waals surface area contributed by atoms with E-state index < -0.39 is 23.8 Å². The number of thiophene rings is 1. The quantitative estimate of drug-likeness (QED) is 0.509. The third-order valence-corrected chi connectivity index (χ3v) is 5.75. The van der Waals surface area contributed by atoms with Crippen molar-refractivity contribution in [3.8, 4) is 0 Å². The van der Waals surface area contributed by atoms with E-state index in [4.69, 9.17) is 4.74 Å². The lowest BCUT2D eigenvalue weighted by molar-refractivity contribution is -0.149. The molecule has 0 bridgehead atoms. The number of carbonyl (C=O) groups is 3. The Balaban J connectivity index is 1.50. The topological polar surface area (TPSA) is 63.7 Å². The van der Waals surface area contributed by atoms with Crippen LogP contribution in [-0.2, 0) is 16.1 Å². The van der Waals surface area contributed by atoms with E-state index in [0.717, 1.165) is 26.1 Å². The summed E-state index contributed by atoms with van der Waals surface area (Å²) in [6, 6.07) is 12.0. The first kappa shape index (κ1) is 17.4. The van der Waals surface area contributed by atoms with Crippen molar-refractivity contribution in [2.75, 3.05) is 0 Å². The summed E-state index contributed by atoms with van der Waals surface area (Å²) in [6.45, 7) is 3.47. The molecule has 5 nitrogen and oxygen atoms in total. The zero-order chi connectivity index (χ0) is 19.1. The second-order valence-corrected chi connectivity index (χ2v) is 7.48. The van der Waals surface area contributed by atoms with E-state index in [0.29, 0.717) is 11.1 Å². The second-order valence-electron chi connectivity index (χ2n) is 6.57. The Hall–Kier alpha value is -2.99. The van der Waals surface area contributed by atoms with Gasteiger partial charge in [0.25, 0.3) is 11.8 Å². The maximum absolute atomic E-state index is 12.6. The first-order chi connectivity index (χ1) is 13.0. The van der Waals surface area contributed by atoms with Gasteiger partial charge in [-0.1, -0.05) is 29.8 Å². The molecular weight excluding hydrogens is 362 g/mol. The summed E-state index contributed by atoms with van der Waals surface area (Å²) >= 11 is 1.58. The maximum atomic E-state index is 12.6. The van der Waals surface area contributed by atoms with Gasteiger partial charge >= 0.3 is 5.97 Å². The molecule has 3 aromatic rings. The van der Waals surface area contributed by atoms with Crippen molar-refractivity contribution in [3.63, 3.8) is 0 Å². The van der Waals surface area contributed by atoms with Crippen LogP contribution in [0.4, 0.5) is 0 Å². The molecule has 0 radical (unpaired) electrons. The highest BCUT2D eigenvalue weighted by molar-refractivity contribution is 7.17. The van der Waals surface area contributed by atoms with E-state index in [-0.39, 0.29) is 6.61 Å². The van der Waals surface area contributed by atoms with E-state index in [1.807, 2.05) is 36.6 Å². The number of amides is 2. The molecule has 0 saturated heterocycles. The smallest absolute Gasteiger partial charge is 0.329 e. The molecule has 0 N–H and O–H groups in total. The van der Waals surface area contributed by atoms with Crippen LogP contribution in [0.1, 0.15) is 38.8 Å². The Morgan fingerprint density at radius 2 is 1.85 bits per heavy atom. The number of benzene rings is 2. The van der Waals surface area contributed by atoms with Gasteiger partial charge in [-0.2, -0.15) is 0 Å². The molecule has 0 aliphatic carbocycles. The molecule has 136 valence electrons. The zero-order valence-electron chi connectivity index (χ0n) is 14.9. The van der Waals surface area contributed by atoms with Gasteiger partial charge in [0.15, 0.2) is 0 Å². The third-order valence-electron chi connectivity index (χ3n) is 4.73. The normalized spacial score (nSPS) is 14.5. The summed E-state index contributed by atoms with van der Waals surface area (Å²) in [5, 5.41) is 2.99. The molecule has 2 amide bonds. The SMILES string of the molecule is Cc1ccc2c(c1)C(=O)N(C(C)C(=O)OCc1csc3ccccc13)C2=O. The number of fused-ring (bicyclic) bond motifs is 2. The van der Waals surface area contributed by atoms with E-state index in [2.05, 4.69) is 0 Å². The first-order valence-electron chi connectivity index (χ1n) is 8.57. The summed E-state index contributed by atoms with van der Waals surface area (Å²) < 4.78 is 6.53. The predicted octanol–water partition coefficient (Wildman–Crippen LogP) is 3.94. The van der Waals surface area contributed by atoms with Gasteiger partial charge in [-0.05, 0) is 42.8 Å². The van der Waals surface area contributed by atoms with Gasteiger partial charge in [0.2, 0.25) is 0 Å². The fourth-order valence-corrected chi connectivity index (χ4v) is 4.19. The number of esters is 1. The van der Waals surface area contributed by atoms with Crippen molar-refractivity contribution in [2.24, 2.45) is 0 Å². The molecule has 1 aromatic heterocycles. The lowest BCUT2D eigenvalue weighted by Crippen LogP contribution is -2.43. The third kappa shape index (κ3) is 2.92. The van der Waals surface area contributed by atoms with Crippen LogP contribution in [0.25, 0.3) is 10.1 Å². The van der Waals surface area contributed by atoms with Crippen LogP contribution in [0.15, 0.2) is 47.8 Å². The van der Waals surface area contributed by atoms with Crippen LogP contribution in [0, 0.1) is 6.92 Å². The van der Waals surface area contributed by atoms with Crippen LogP contribution in [-0.4, -0.2) is 28.7 Å². The molecule has 2 aromatic carbocycles. The molecule has 1 aliphatic heterocycles. The first-order valence-corrected chi connectivity index (χ1v) is 9.45. The maximum Gasteiger partial charge on any atom is 0.329 e. The Morgan fingerprint density at radius 1 is 1.11 bits per heavy atom. The monoisotopic (exact) mass is 379 g/mol. The van der Waals surface area contributed by atoms with E-state index in [9.17, 15) is 14.4 Å². The van der Waals surface area contributed by atoms with Crippen molar-refractivity contribution in [2.45, 2.75) is 26.5 Å². The molecule has 1 aliphatic rings. The molecule has 4 rings (SSSR count). The average Bonchev–Trinajstić information content (AvgIpc) is 3.18. The molecule has 2 heterocycles. The molecule has 1 atom stereocenters. The van der Waals surface area contributed by atoms with E-state index >= 15 is 0 Å². The van der Waals surface area contributed by atoms with Gasteiger partial charge in [-0.3, -0.25) is 14.5 Å². The number of carbonyl (C=O) groups excluding carboxylic acids is 3. The van der Waals surface area contributed by atoms with Gasteiger partial charge in [-0.25, -0.2) is 4.79 Å². The number of rotatable bonds is 4. The minimum atomic E-state index is -0.984. The molecule has 6 heteroatoms. The number of hydrogen-bond acceptors (Lipinski definition) is 5. The molecular formula is C21H17NO4S. The molecule has 0 spiro atoms. The summed E-state index contributed by atoms with van der Waals surface area (Å²) in [6.07, 6.45) is 0. The number of ether oxygens (including phenoxy) is 1. The van der Waals surface area contributed by atoms with Crippen LogP contribution >= 0.6 is 11.3 Å². The van der Waals surface area contributed by atoms with Crippen LogP contribution in [0.2, 0.25) is 0 Å². The fourth-order valence-electron chi connectivity index (χ4n) is 3.24. The average molecular weight is 379 g/mol. The highest BCUT2D eigenvalue weighted by Crippen LogP contribution is 2.28. The molecule has 1 unspecified atom stereocenters. The number of imide groups is 1. The molecule has 0 fully saturated rings. The second kappa shape index (κ2) is 6.63. The summed E-state index contributed by atoms with van der Waals surface area (Å²) in [5.74, 6) is -1.51. The van der Waals surface area contributed by atoms with Crippen molar-refractivity contribution < 1.29 is 19.1 Å². The summed E-state index contributed by atoms with van der Waals surface area (Å²) in [5.41, 5.74) is 2.46. The Bertz CT molecular complexity index is 1080. The fraction of sp³-hybridized carbons (Fsp3) is 0.190. The van der Waals surface area contributed by atoms with Crippen LogP contribution in [0.3, 0.4) is 0 Å². The van der Waals surface area contributed by atoms with Crippen LogP contribution < -0.4 is 0 Å². The predicted molar refractivity (Wildman–Crippen MR) is 103 cm³/mol. The van der Waals surface area contributed by atoms with Gasteiger partial charge < -0.3 is 4.74 Å². The van der Waals surface area contributed by atoms with Crippen molar-refractivity contribution in [3.05, 3.63) is 70.1 Å². The number of aryl methyl sites for hydroxylation is 1. The standard InChI is InChI=1S/C21H17NO4S/c1-12-7-8-16-17(9-12)20(24)22(19(16)23)13(2)21(25)26-10-14-11-27-18-6-4-3-5-15(14)18/h3-9,11,13H,10H2,1-2H3. The largest absolute Gasteiger partial charge is 0.459 e. The molecule has 0 saturated carbocycles. The summed E-state index contributed by atoms with van der Waals surface area (Å²) in [4.78, 5) is 38.7. The minimum Gasteiger partial charge on any atom is -0.459 e. The van der Waals surface area contributed by atoms with Crippen molar-refractivity contribution >= 4 is 39.2 Å². The number of nitrogens with zero attached hydrogens (tertiary/aromatic N) is 1. The Labute approximate surface area is 160 Å². The van der Waals surface area contributed by atoms with E-state index in [1.165, 1.54) is 6.92 Å². The molecule has 27 heavy (non-hydrogen) atoms. The van der Waals surface area contributed by atoms with Crippen molar-refractivity contribution in [1.82, 2.24) is 4.90 Å². The van der Waals surface area contributed by atoms with Gasteiger partial charge in [-0.15, -0.1) is 11.3 Å². The van der Waals surface area contributed by atoms with Gasteiger partial charge in [0.05, 0.1) is 11.1 Å². The van der Waals surface area contributed by atoms with Crippen LogP contribution in [0.5, 0.6) is 0 Å². The minimum absolute atomic E-state index is 0.107. The lowest BCUT2D eigenvalue weighted by Gasteiger charge is -2.20.